The molecule has 0 aliphatic carbocycles. The zero-order chi connectivity index (χ0) is 23.6. The molecule has 0 radical (unpaired) electrons. The minimum atomic E-state index is -4.63. The molecule has 0 spiro atoms. The van der Waals surface area contributed by atoms with Crippen LogP contribution >= 0.6 is 0 Å². The van der Waals surface area contributed by atoms with Crippen molar-refractivity contribution >= 4 is 11.1 Å². The van der Waals surface area contributed by atoms with Gasteiger partial charge in [0.1, 0.15) is 11.6 Å². The fraction of sp³-hybridized carbons (Fsp3) is 0.130. The summed E-state index contributed by atoms with van der Waals surface area (Å²) in [6.45, 7) is 0. The van der Waals surface area contributed by atoms with Crippen LogP contribution in [0.4, 0.5) is 13.2 Å². The Balaban J connectivity index is 1.80. The summed E-state index contributed by atoms with van der Waals surface area (Å²) in [7, 11) is 1.56. The Bertz CT molecular complexity index is 1320. The van der Waals surface area contributed by atoms with Gasteiger partial charge in [-0.05, 0) is 41.5 Å². The highest BCUT2D eigenvalue weighted by Crippen LogP contribution is 2.37. The molecule has 0 saturated heterocycles. The van der Waals surface area contributed by atoms with Gasteiger partial charge in [0.2, 0.25) is 0 Å². The predicted octanol–water partition coefficient (Wildman–Crippen LogP) is 5.21. The van der Waals surface area contributed by atoms with E-state index in [-0.39, 0.29) is 11.1 Å². The fourth-order valence-electron chi connectivity index (χ4n) is 3.52. The van der Waals surface area contributed by atoms with Crippen molar-refractivity contribution in [3.8, 4) is 39.5 Å². The first kappa shape index (κ1) is 22.7. The minimum absolute atomic E-state index is 0.0281. The van der Waals surface area contributed by atoms with Crippen molar-refractivity contribution in [2.75, 3.05) is 7.11 Å². The third kappa shape index (κ3) is 4.96. The van der Waals surface area contributed by atoms with Crippen LogP contribution in [-0.2, 0) is 23.0 Å². The number of hydrogen-bond donors (Lipinski definition) is 1. The molecule has 2 aromatic heterocycles. The van der Waals surface area contributed by atoms with Gasteiger partial charge in [-0.25, -0.2) is 4.98 Å². The molecule has 0 fully saturated rings. The summed E-state index contributed by atoms with van der Waals surface area (Å²) in [5.41, 5.74) is 1.77. The van der Waals surface area contributed by atoms with Crippen LogP contribution < -0.4 is 4.74 Å². The molecule has 4 rings (SSSR count). The standard InChI is InChI=1S/C23H18F3N3O3S/c1-32-21-5-3-2-4-18(21)17-6-7-27-11-19(17)22-28-12-20(29-22)15-8-14(13-33(30)31)9-16(10-15)23(24,25)26/h2-12H,13H2,1H3,(H,28,29)(H,30,31)/p-1. The van der Waals surface area contributed by atoms with E-state index in [4.69, 9.17) is 4.74 Å². The summed E-state index contributed by atoms with van der Waals surface area (Å²) < 4.78 is 67.7. The summed E-state index contributed by atoms with van der Waals surface area (Å²) >= 11 is -2.53. The van der Waals surface area contributed by atoms with Crippen LogP contribution in [0.15, 0.2) is 67.1 Å². The summed E-state index contributed by atoms with van der Waals surface area (Å²) in [5, 5.41) is 0. The molecule has 2 heterocycles. The first-order chi connectivity index (χ1) is 15.8. The quantitative estimate of drug-likeness (QED) is 0.389. The lowest BCUT2D eigenvalue weighted by Crippen LogP contribution is -2.07. The van der Waals surface area contributed by atoms with Crippen LogP contribution in [0.3, 0.4) is 0 Å². The normalized spacial score (nSPS) is 12.5. The van der Waals surface area contributed by atoms with E-state index in [2.05, 4.69) is 15.0 Å². The monoisotopic (exact) mass is 472 g/mol. The molecule has 0 aliphatic rings. The molecule has 1 N–H and O–H groups in total. The molecular weight excluding hydrogens is 455 g/mol. The predicted molar refractivity (Wildman–Crippen MR) is 117 cm³/mol. The number of halogens is 3. The van der Waals surface area contributed by atoms with Crippen molar-refractivity contribution in [1.29, 1.82) is 0 Å². The number of aromatic nitrogens is 3. The number of ether oxygens (including phenoxy) is 1. The van der Waals surface area contributed by atoms with E-state index in [0.29, 0.717) is 22.8 Å². The Hall–Kier alpha value is -3.50. The van der Waals surface area contributed by atoms with E-state index in [0.717, 1.165) is 23.3 Å². The van der Waals surface area contributed by atoms with Crippen molar-refractivity contribution in [3.63, 3.8) is 0 Å². The van der Waals surface area contributed by atoms with Crippen molar-refractivity contribution < 1.29 is 26.7 Å². The Morgan fingerprint density at radius 2 is 1.85 bits per heavy atom. The number of hydrogen-bond acceptors (Lipinski definition) is 5. The van der Waals surface area contributed by atoms with Crippen LogP contribution in [0.1, 0.15) is 11.1 Å². The lowest BCUT2D eigenvalue weighted by atomic mass is 10.0. The molecule has 170 valence electrons. The lowest BCUT2D eigenvalue weighted by molar-refractivity contribution is -0.137. The molecule has 0 saturated carbocycles. The van der Waals surface area contributed by atoms with E-state index < -0.39 is 28.6 Å². The van der Waals surface area contributed by atoms with E-state index >= 15 is 0 Å². The largest absolute Gasteiger partial charge is 0.772 e. The summed E-state index contributed by atoms with van der Waals surface area (Å²) in [5.74, 6) is 0.508. The van der Waals surface area contributed by atoms with Crippen molar-refractivity contribution in [1.82, 2.24) is 15.0 Å². The smallest absolute Gasteiger partial charge is 0.416 e. The highest BCUT2D eigenvalue weighted by atomic mass is 32.2. The fourth-order valence-corrected chi connectivity index (χ4v) is 3.96. The van der Waals surface area contributed by atoms with Gasteiger partial charge in [0.25, 0.3) is 0 Å². The minimum Gasteiger partial charge on any atom is -0.772 e. The van der Waals surface area contributed by atoms with E-state index in [1.165, 1.54) is 12.3 Å². The number of pyridine rings is 1. The van der Waals surface area contributed by atoms with Gasteiger partial charge in [0.05, 0.1) is 24.6 Å². The molecule has 33 heavy (non-hydrogen) atoms. The number of H-pyrrole nitrogens is 1. The van der Waals surface area contributed by atoms with Gasteiger partial charge in [-0.15, -0.1) is 0 Å². The molecule has 10 heteroatoms. The molecule has 0 amide bonds. The zero-order valence-corrected chi connectivity index (χ0v) is 18.0. The van der Waals surface area contributed by atoms with Crippen LogP contribution in [-0.4, -0.2) is 30.8 Å². The molecule has 1 unspecified atom stereocenters. The third-order valence-corrected chi connectivity index (χ3v) is 5.53. The Kier molecular flexibility index (Phi) is 6.30. The second-order valence-electron chi connectivity index (χ2n) is 7.13. The number of benzene rings is 2. The topological polar surface area (TPSA) is 90.9 Å². The van der Waals surface area contributed by atoms with Gasteiger partial charge in [-0.1, -0.05) is 29.3 Å². The maximum absolute atomic E-state index is 13.4. The molecule has 0 bridgehead atoms. The maximum atomic E-state index is 13.4. The average molecular weight is 472 g/mol. The SMILES string of the molecule is COc1ccccc1-c1ccncc1-c1ncc(-c2cc(CS(=O)[O-])cc(C(F)(F)F)c2)[nH]1. The Morgan fingerprint density at radius 3 is 2.58 bits per heavy atom. The number of nitrogens with one attached hydrogen (secondary N) is 1. The second kappa shape index (κ2) is 9.16. The summed E-state index contributed by atoms with van der Waals surface area (Å²) in [6, 6.07) is 12.4. The zero-order valence-electron chi connectivity index (χ0n) is 17.2. The molecule has 0 aliphatic heterocycles. The second-order valence-corrected chi connectivity index (χ2v) is 8.03. The highest BCUT2D eigenvalue weighted by Gasteiger charge is 2.31. The van der Waals surface area contributed by atoms with Crippen molar-refractivity contribution in [2.45, 2.75) is 11.9 Å². The maximum Gasteiger partial charge on any atom is 0.416 e. The molecule has 2 aromatic carbocycles. The lowest BCUT2D eigenvalue weighted by Gasteiger charge is -2.13. The number of para-hydroxylation sites is 1. The van der Waals surface area contributed by atoms with Crippen LogP contribution in [0, 0.1) is 0 Å². The number of imidazole rings is 1. The summed E-state index contributed by atoms with van der Waals surface area (Å²) in [6.07, 6.45) is -0.0000798. The number of aromatic amines is 1. The first-order valence-electron chi connectivity index (χ1n) is 9.66. The van der Waals surface area contributed by atoms with Crippen LogP contribution in [0.5, 0.6) is 5.75 Å². The third-order valence-electron chi connectivity index (χ3n) is 4.96. The van der Waals surface area contributed by atoms with E-state index in [1.54, 1.807) is 25.6 Å². The highest BCUT2D eigenvalue weighted by molar-refractivity contribution is 7.78. The van der Waals surface area contributed by atoms with E-state index in [9.17, 15) is 21.9 Å². The summed E-state index contributed by atoms with van der Waals surface area (Å²) in [4.78, 5) is 11.5. The van der Waals surface area contributed by atoms with Gasteiger partial charge in [0, 0.05) is 34.8 Å². The van der Waals surface area contributed by atoms with Gasteiger partial charge in [-0.2, -0.15) is 13.2 Å². The Labute approximate surface area is 189 Å². The number of methoxy groups -OCH3 is 1. The molecule has 4 aromatic rings. The molecular formula is C23H17F3N3O3S-. The molecule has 1 atom stereocenters. The Morgan fingerprint density at radius 1 is 1.06 bits per heavy atom. The van der Waals surface area contributed by atoms with Gasteiger partial charge >= 0.3 is 6.18 Å². The number of rotatable bonds is 6. The van der Waals surface area contributed by atoms with Crippen molar-refractivity contribution in [2.24, 2.45) is 0 Å². The van der Waals surface area contributed by atoms with Gasteiger partial charge in [-0.3, -0.25) is 9.19 Å². The number of alkyl halides is 3. The first-order valence-corrected chi connectivity index (χ1v) is 10.9. The number of nitrogens with zero attached hydrogens (tertiary/aromatic N) is 2. The van der Waals surface area contributed by atoms with Crippen LogP contribution in [0.2, 0.25) is 0 Å². The average Bonchev–Trinajstić information content (AvgIpc) is 3.28. The molecule has 6 nitrogen and oxygen atoms in total. The van der Waals surface area contributed by atoms with Crippen LogP contribution in [0.25, 0.3) is 33.8 Å². The van der Waals surface area contributed by atoms with E-state index in [1.807, 2.05) is 24.3 Å². The van der Waals surface area contributed by atoms with Gasteiger partial charge in [0.15, 0.2) is 0 Å². The van der Waals surface area contributed by atoms with Gasteiger partial charge < -0.3 is 14.3 Å². The van der Waals surface area contributed by atoms with Crippen molar-refractivity contribution in [3.05, 3.63) is 78.2 Å².